The van der Waals surface area contributed by atoms with E-state index in [-0.39, 0.29) is 11.8 Å². The highest BCUT2D eigenvalue weighted by Gasteiger charge is 2.35. The minimum Gasteiger partial charge on any atom is -0.355 e. The van der Waals surface area contributed by atoms with Crippen LogP contribution >= 0.6 is 0 Å². The fourth-order valence-electron chi connectivity index (χ4n) is 1.82. The van der Waals surface area contributed by atoms with Crippen LogP contribution in [0.25, 0.3) is 0 Å². The molecular weight excluding hydrogens is 278 g/mol. The summed E-state index contributed by atoms with van der Waals surface area (Å²) in [5.74, 6) is -0.653. The van der Waals surface area contributed by atoms with Crippen molar-refractivity contribution in [2.45, 2.75) is 40.0 Å². The number of carbonyl (C=O) groups excluding carboxylic acids is 2. The standard InChI is InChI=1S/C17H23N3O2/c1-4-5-6-11-19-15(21)17(2,3)16(22)20-14-9-7-13(12-18)8-10-14/h7-10H,4-6,11H2,1-3H3,(H,19,21)(H,20,22). The number of nitrogens with zero attached hydrogens (tertiary/aromatic N) is 1. The van der Waals surface area contributed by atoms with Gasteiger partial charge < -0.3 is 10.6 Å². The first-order valence-electron chi connectivity index (χ1n) is 7.51. The van der Waals surface area contributed by atoms with E-state index in [4.69, 9.17) is 5.26 Å². The Morgan fingerprint density at radius 3 is 2.32 bits per heavy atom. The van der Waals surface area contributed by atoms with Crippen molar-refractivity contribution < 1.29 is 9.59 Å². The van der Waals surface area contributed by atoms with Crippen LogP contribution in [0, 0.1) is 16.7 Å². The maximum atomic E-state index is 12.3. The molecule has 2 N–H and O–H groups in total. The van der Waals surface area contributed by atoms with Gasteiger partial charge in [-0.1, -0.05) is 19.8 Å². The van der Waals surface area contributed by atoms with Crippen molar-refractivity contribution in [2.75, 3.05) is 11.9 Å². The zero-order valence-corrected chi connectivity index (χ0v) is 13.4. The van der Waals surface area contributed by atoms with Crippen LogP contribution in [0.5, 0.6) is 0 Å². The second kappa shape index (κ2) is 8.18. The number of benzene rings is 1. The summed E-state index contributed by atoms with van der Waals surface area (Å²) >= 11 is 0. The van der Waals surface area contributed by atoms with Crippen molar-refractivity contribution in [1.82, 2.24) is 5.32 Å². The van der Waals surface area contributed by atoms with Gasteiger partial charge in [-0.2, -0.15) is 5.26 Å². The lowest BCUT2D eigenvalue weighted by molar-refractivity contribution is -0.138. The van der Waals surface area contributed by atoms with Gasteiger partial charge in [-0.3, -0.25) is 9.59 Å². The van der Waals surface area contributed by atoms with E-state index in [1.807, 2.05) is 6.07 Å². The van der Waals surface area contributed by atoms with Gasteiger partial charge in [0.25, 0.3) is 0 Å². The fraction of sp³-hybridized carbons (Fsp3) is 0.471. The minimum atomic E-state index is -1.15. The zero-order valence-electron chi connectivity index (χ0n) is 13.4. The molecule has 0 aromatic heterocycles. The van der Waals surface area contributed by atoms with Gasteiger partial charge in [-0.05, 0) is 44.5 Å². The number of rotatable bonds is 7. The number of hydrogen-bond acceptors (Lipinski definition) is 3. The molecule has 0 fully saturated rings. The molecule has 1 rings (SSSR count). The lowest BCUT2D eigenvalue weighted by Crippen LogP contribution is -2.45. The predicted octanol–water partition coefficient (Wildman–Crippen LogP) is 2.83. The van der Waals surface area contributed by atoms with Crippen molar-refractivity contribution in [3.63, 3.8) is 0 Å². The summed E-state index contributed by atoms with van der Waals surface area (Å²) in [4.78, 5) is 24.4. The Kier molecular flexibility index (Phi) is 6.58. The Labute approximate surface area is 131 Å². The molecule has 5 heteroatoms. The molecule has 0 aliphatic rings. The molecule has 1 aromatic carbocycles. The summed E-state index contributed by atoms with van der Waals surface area (Å²) in [6.45, 7) is 5.87. The molecule has 0 radical (unpaired) electrons. The molecule has 0 spiro atoms. The average molecular weight is 301 g/mol. The Bertz CT molecular complexity index is 556. The van der Waals surface area contributed by atoms with E-state index in [0.29, 0.717) is 17.8 Å². The summed E-state index contributed by atoms with van der Waals surface area (Å²) in [5, 5.41) is 14.2. The van der Waals surface area contributed by atoms with Crippen LogP contribution in [0.4, 0.5) is 5.69 Å². The number of nitrogens with one attached hydrogen (secondary N) is 2. The number of hydrogen-bond donors (Lipinski definition) is 2. The van der Waals surface area contributed by atoms with Crippen LogP contribution in [0.1, 0.15) is 45.6 Å². The van der Waals surface area contributed by atoms with Gasteiger partial charge in [0.15, 0.2) is 0 Å². The van der Waals surface area contributed by atoms with E-state index in [0.717, 1.165) is 19.3 Å². The molecule has 118 valence electrons. The molecule has 0 atom stereocenters. The molecule has 0 heterocycles. The summed E-state index contributed by atoms with van der Waals surface area (Å²) in [6, 6.07) is 8.54. The quantitative estimate of drug-likeness (QED) is 0.600. The first-order valence-corrected chi connectivity index (χ1v) is 7.51. The van der Waals surface area contributed by atoms with Crippen LogP contribution in [0.15, 0.2) is 24.3 Å². The summed E-state index contributed by atoms with van der Waals surface area (Å²) < 4.78 is 0. The number of anilines is 1. The molecule has 2 amide bonds. The molecule has 5 nitrogen and oxygen atoms in total. The lowest BCUT2D eigenvalue weighted by atomic mass is 9.91. The third-order valence-electron chi connectivity index (χ3n) is 3.47. The highest BCUT2D eigenvalue weighted by atomic mass is 16.2. The molecule has 0 saturated carbocycles. The maximum Gasteiger partial charge on any atom is 0.239 e. The Balaban J connectivity index is 2.61. The van der Waals surface area contributed by atoms with Crippen molar-refractivity contribution in [3.05, 3.63) is 29.8 Å². The van der Waals surface area contributed by atoms with Gasteiger partial charge in [0.05, 0.1) is 11.6 Å². The van der Waals surface area contributed by atoms with Crippen molar-refractivity contribution in [2.24, 2.45) is 5.41 Å². The van der Waals surface area contributed by atoms with Crippen LogP contribution < -0.4 is 10.6 Å². The molecule has 0 bridgehead atoms. The third kappa shape index (κ3) is 4.88. The van der Waals surface area contributed by atoms with Crippen LogP contribution in [0.2, 0.25) is 0 Å². The SMILES string of the molecule is CCCCCNC(=O)C(C)(C)C(=O)Nc1ccc(C#N)cc1. The molecule has 0 unspecified atom stereocenters. The van der Waals surface area contributed by atoms with E-state index >= 15 is 0 Å². The Morgan fingerprint density at radius 1 is 1.14 bits per heavy atom. The average Bonchev–Trinajstić information content (AvgIpc) is 2.51. The van der Waals surface area contributed by atoms with Crippen LogP contribution in [-0.4, -0.2) is 18.4 Å². The van der Waals surface area contributed by atoms with Crippen LogP contribution in [-0.2, 0) is 9.59 Å². The number of amides is 2. The van der Waals surface area contributed by atoms with Gasteiger partial charge in [-0.15, -0.1) is 0 Å². The molecule has 1 aromatic rings. The topological polar surface area (TPSA) is 82.0 Å². The molecular formula is C17H23N3O2. The molecule has 0 aliphatic heterocycles. The van der Waals surface area contributed by atoms with Gasteiger partial charge in [0.1, 0.15) is 5.41 Å². The Hall–Kier alpha value is -2.35. The van der Waals surface area contributed by atoms with E-state index in [9.17, 15) is 9.59 Å². The third-order valence-corrected chi connectivity index (χ3v) is 3.47. The molecule has 22 heavy (non-hydrogen) atoms. The second-order valence-corrected chi connectivity index (χ2v) is 5.73. The number of carbonyl (C=O) groups is 2. The Morgan fingerprint density at radius 2 is 1.77 bits per heavy atom. The van der Waals surface area contributed by atoms with E-state index in [1.54, 1.807) is 38.1 Å². The summed E-state index contributed by atoms with van der Waals surface area (Å²) in [6.07, 6.45) is 3.05. The first kappa shape index (κ1) is 17.7. The second-order valence-electron chi connectivity index (χ2n) is 5.73. The number of unbranched alkanes of at least 4 members (excludes halogenated alkanes) is 2. The van der Waals surface area contributed by atoms with Gasteiger partial charge in [-0.25, -0.2) is 0 Å². The minimum absolute atomic E-state index is 0.283. The predicted molar refractivity (Wildman–Crippen MR) is 86.1 cm³/mol. The highest BCUT2D eigenvalue weighted by molar-refractivity contribution is 6.09. The van der Waals surface area contributed by atoms with E-state index < -0.39 is 5.41 Å². The van der Waals surface area contributed by atoms with Crippen molar-refractivity contribution in [3.8, 4) is 6.07 Å². The van der Waals surface area contributed by atoms with Gasteiger partial charge in [0.2, 0.25) is 11.8 Å². The van der Waals surface area contributed by atoms with E-state index in [1.165, 1.54) is 0 Å². The fourth-order valence-corrected chi connectivity index (χ4v) is 1.82. The van der Waals surface area contributed by atoms with Crippen molar-refractivity contribution >= 4 is 17.5 Å². The van der Waals surface area contributed by atoms with Gasteiger partial charge >= 0.3 is 0 Å². The van der Waals surface area contributed by atoms with E-state index in [2.05, 4.69) is 17.6 Å². The number of nitriles is 1. The summed E-state index contributed by atoms with van der Waals surface area (Å²) in [7, 11) is 0. The first-order chi connectivity index (χ1) is 10.4. The lowest BCUT2D eigenvalue weighted by Gasteiger charge is -2.22. The summed E-state index contributed by atoms with van der Waals surface area (Å²) in [5.41, 5.74) is -0.0677. The highest BCUT2D eigenvalue weighted by Crippen LogP contribution is 2.19. The molecule has 0 saturated heterocycles. The monoisotopic (exact) mass is 301 g/mol. The zero-order chi connectivity index (χ0) is 16.6. The van der Waals surface area contributed by atoms with Crippen LogP contribution in [0.3, 0.4) is 0 Å². The van der Waals surface area contributed by atoms with Crippen molar-refractivity contribution in [1.29, 1.82) is 5.26 Å². The van der Waals surface area contributed by atoms with Gasteiger partial charge in [0, 0.05) is 12.2 Å². The normalized spacial score (nSPS) is 10.6. The molecule has 0 aliphatic carbocycles. The maximum absolute atomic E-state index is 12.3. The smallest absolute Gasteiger partial charge is 0.239 e. The largest absolute Gasteiger partial charge is 0.355 e.